The Labute approximate surface area is 171 Å². The normalized spacial score (nSPS) is 10.9. The highest BCUT2D eigenvalue weighted by Gasteiger charge is 2.06. The first-order valence-electron chi connectivity index (χ1n) is 10.00. The van der Waals surface area contributed by atoms with Crippen LogP contribution >= 0.6 is 0 Å². The van der Waals surface area contributed by atoms with E-state index in [-0.39, 0.29) is 0 Å². The monoisotopic (exact) mass is 387 g/mol. The lowest BCUT2D eigenvalue weighted by Gasteiger charge is -2.06. The van der Waals surface area contributed by atoms with Gasteiger partial charge < -0.3 is 13.7 Å². The molecule has 29 heavy (non-hydrogen) atoms. The summed E-state index contributed by atoms with van der Waals surface area (Å²) in [5, 5.41) is 0. The molecular weight excluding hydrogens is 362 g/mol. The first-order valence-corrected chi connectivity index (χ1v) is 10.00. The van der Waals surface area contributed by atoms with E-state index in [1.54, 1.807) is 6.26 Å². The van der Waals surface area contributed by atoms with Gasteiger partial charge in [0.05, 0.1) is 6.33 Å². The van der Waals surface area contributed by atoms with Crippen LogP contribution in [0.4, 0.5) is 0 Å². The largest absolute Gasteiger partial charge is 0.487 e. The molecule has 4 aromatic rings. The van der Waals surface area contributed by atoms with E-state index in [2.05, 4.69) is 50.9 Å². The van der Waals surface area contributed by atoms with Crippen LogP contribution in [0.25, 0.3) is 0 Å². The van der Waals surface area contributed by atoms with E-state index in [1.807, 2.05) is 36.9 Å². The molecule has 5 heteroatoms. The molecule has 0 saturated heterocycles. The summed E-state index contributed by atoms with van der Waals surface area (Å²) in [5.41, 5.74) is 3.41. The molecule has 0 fully saturated rings. The van der Waals surface area contributed by atoms with Crippen molar-refractivity contribution in [2.75, 3.05) is 0 Å². The summed E-state index contributed by atoms with van der Waals surface area (Å²) in [4.78, 5) is 8.59. The topological polar surface area (TPSA) is 53.1 Å². The minimum Gasteiger partial charge on any atom is -0.487 e. The van der Waals surface area contributed by atoms with Crippen LogP contribution in [0.2, 0.25) is 0 Å². The summed E-state index contributed by atoms with van der Waals surface area (Å²) in [6.45, 7) is 1.39. The maximum absolute atomic E-state index is 5.85. The minimum atomic E-state index is 0.412. The average Bonchev–Trinajstić information content (AvgIpc) is 3.45. The van der Waals surface area contributed by atoms with Crippen molar-refractivity contribution in [1.82, 2.24) is 14.5 Å². The number of imidazole rings is 1. The summed E-state index contributed by atoms with van der Waals surface area (Å²) in [5.74, 6) is 1.60. The Morgan fingerprint density at radius 1 is 0.897 bits per heavy atom. The lowest BCUT2D eigenvalue weighted by molar-refractivity contribution is 0.301. The lowest BCUT2D eigenvalue weighted by atomic mass is 10.1. The Hall–Kier alpha value is -3.34. The van der Waals surface area contributed by atoms with Crippen molar-refractivity contribution in [2.24, 2.45) is 0 Å². The highest BCUT2D eigenvalue weighted by molar-refractivity contribution is 5.27. The number of benzene rings is 2. The molecule has 0 atom stereocenters. The van der Waals surface area contributed by atoms with Gasteiger partial charge in [0.2, 0.25) is 0 Å². The van der Waals surface area contributed by atoms with Crippen molar-refractivity contribution in [3.8, 4) is 5.75 Å². The van der Waals surface area contributed by atoms with Crippen molar-refractivity contribution >= 4 is 0 Å². The highest BCUT2D eigenvalue weighted by Crippen LogP contribution is 2.16. The fourth-order valence-electron chi connectivity index (χ4n) is 3.22. The molecule has 0 saturated carbocycles. The summed E-state index contributed by atoms with van der Waals surface area (Å²) in [6.07, 6.45) is 11.2. The van der Waals surface area contributed by atoms with E-state index < -0.39 is 0 Å². The molecular formula is C24H25N3O2. The Morgan fingerprint density at radius 3 is 2.52 bits per heavy atom. The number of hydrogen-bond donors (Lipinski definition) is 0. The molecule has 0 spiro atoms. The van der Waals surface area contributed by atoms with E-state index in [9.17, 15) is 0 Å². The second-order valence-corrected chi connectivity index (χ2v) is 7.05. The van der Waals surface area contributed by atoms with Gasteiger partial charge in [0, 0.05) is 25.4 Å². The second-order valence-electron chi connectivity index (χ2n) is 7.05. The van der Waals surface area contributed by atoms with Gasteiger partial charge in [0.15, 0.2) is 5.89 Å². The summed E-state index contributed by atoms with van der Waals surface area (Å²) >= 11 is 0. The molecule has 0 aliphatic rings. The molecule has 0 aliphatic carbocycles. The predicted molar refractivity (Wildman–Crippen MR) is 112 cm³/mol. The van der Waals surface area contributed by atoms with Crippen LogP contribution in [0, 0.1) is 0 Å². The van der Waals surface area contributed by atoms with Crippen LogP contribution in [0.3, 0.4) is 0 Å². The first kappa shape index (κ1) is 19.0. The number of aromatic nitrogens is 3. The van der Waals surface area contributed by atoms with Crippen LogP contribution < -0.4 is 4.74 Å². The average molecular weight is 387 g/mol. The van der Waals surface area contributed by atoms with Gasteiger partial charge >= 0.3 is 0 Å². The van der Waals surface area contributed by atoms with Crippen molar-refractivity contribution < 1.29 is 9.15 Å². The number of aryl methyl sites for hydroxylation is 4. The molecule has 0 aliphatic heterocycles. The van der Waals surface area contributed by atoms with Gasteiger partial charge in [-0.15, -0.1) is 0 Å². The number of ether oxygens (including phenoxy) is 1. The number of rotatable bonds is 10. The Balaban J connectivity index is 1.20. The summed E-state index contributed by atoms with van der Waals surface area (Å²) in [6, 6.07) is 18.6. The van der Waals surface area contributed by atoms with Crippen LogP contribution in [0.1, 0.15) is 29.1 Å². The third kappa shape index (κ3) is 5.82. The predicted octanol–water partition coefficient (Wildman–Crippen LogP) is 4.87. The fourth-order valence-corrected chi connectivity index (χ4v) is 3.22. The number of oxazole rings is 1. The van der Waals surface area contributed by atoms with Gasteiger partial charge in [-0.2, -0.15) is 0 Å². The van der Waals surface area contributed by atoms with E-state index in [4.69, 9.17) is 9.15 Å². The van der Waals surface area contributed by atoms with Crippen LogP contribution in [-0.4, -0.2) is 14.5 Å². The third-order valence-electron chi connectivity index (χ3n) is 4.82. The van der Waals surface area contributed by atoms with Gasteiger partial charge in [-0.05, 0) is 42.5 Å². The fraction of sp³-hybridized carbons (Fsp3) is 0.250. The molecule has 2 aromatic carbocycles. The molecule has 5 nitrogen and oxygen atoms in total. The zero-order valence-corrected chi connectivity index (χ0v) is 16.4. The SMILES string of the molecule is c1ccc(CCc2nc(COc3ccc(CCCn4ccnc4)cc3)co2)cc1. The summed E-state index contributed by atoms with van der Waals surface area (Å²) in [7, 11) is 0. The third-order valence-corrected chi connectivity index (χ3v) is 4.82. The van der Waals surface area contributed by atoms with Crippen molar-refractivity contribution in [3.05, 3.63) is 102 Å². The van der Waals surface area contributed by atoms with E-state index >= 15 is 0 Å². The zero-order chi connectivity index (χ0) is 19.7. The van der Waals surface area contributed by atoms with Crippen molar-refractivity contribution in [3.63, 3.8) is 0 Å². The van der Waals surface area contributed by atoms with Crippen molar-refractivity contribution in [2.45, 2.75) is 38.8 Å². The smallest absolute Gasteiger partial charge is 0.194 e. The van der Waals surface area contributed by atoms with Gasteiger partial charge in [0.25, 0.3) is 0 Å². The molecule has 2 heterocycles. The van der Waals surface area contributed by atoms with Crippen LogP contribution in [0.15, 0.2) is 84.0 Å². The van der Waals surface area contributed by atoms with Crippen LogP contribution in [-0.2, 0) is 32.4 Å². The molecule has 0 amide bonds. The molecule has 0 unspecified atom stereocenters. The Morgan fingerprint density at radius 2 is 1.72 bits per heavy atom. The molecule has 0 N–H and O–H groups in total. The Bertz CT molecular complexity index is 977. The highest BCUT2D eigenvalue weighted by atomic mass is 16.5. The van der Waals surface area contributed by atoms with E-state index in [0.29, 0.717) is 6.61 Å². The maximum Gasteiger partial charge on any atom is 0.194 e. The molecule has 4 rings (SSSR count). The standard InChI is InChI=1S/C24H25N3O2/c1-2-5-20(6-3-1)10-13-24-26-22(18-29-24)17-28-23-11-8-21(9-12-23)7-4-15-27-16-14-25-19-27/h1-3,5-6,8-9,11-12,14,16,18-19H,4,7,10,13,15,17H2. The molecule has 0 radical (unpaired) electrons. The first-order chi connectivity index (χ1) is 14.3. The Kier molecular flexibility index (Phi) is 6.38. The minimum absolute atomic E-state index is 0.412. The number of hydrogen-bond acceptors (Lipinski definition) is 4. The van der Waals surface area contributed by atoms with E-state index in [0.717, 1.165) is 49.6 Å². The molecule has 2 aromatic heterocycles. The van der Waals surface area contributed by atoms with Crippen molar-refractivity contribution in [1.29, 1.82) is 0 Å². The zero-order valence-electron chi connectivity index (χ0n) is 16.4. The van der Waals surface area contributed by atoms with Crippen LogP contribution in [0.5, 0.6) is 5.75 Å². The molecule has 148 valence electrons. The van der Waals surface area contributed by atoms with Gasteiger partial charge in [-0.25, -0.2) is 9.97 Å². The van der Waals surface area contributed by atoms with Gasteiger partial charge in [-0.3, -0.25) is 0 Å². The summed E-state index contributed by atoms with van der Waals surface area (Å²) < 4.78 is 13.5. The van der Waals surface area contributed by atoms with Gasteiger partial charge in [0.1, 0.15) is 24.3 Å². The quantitative estimate of drug-likeness (QED) is 0.390. The molecule has 0 bridgehead atoms. The second kappa shape index (κ2) is 9.73. The van der Waals surface area contributed by atoms with Gasteiger partial charge in [-0.1, -0.05) is 42.5 Å². The van der Waals surface area contributed by atoms with E-state index in [1.165, 1.54) is 11.1 Å². The lowest BCUT2D eigenvalue weighted by Crippen LogP contribution is -1.98. The maximum atomic E-state index is 5.85. The number of nitrogens with zero attached hydrogens (tertiary/aromatic N) is 3.